The number of sulfonamides is 1. The van der Waals surface area contributed by atoms with E-state index in [-0.39, 0.29) is 10.9 Å². The molecule has 0 aliphatic heterocycles. The van der Waals surface area contributed by atoms with Gasteiger partial charge in [0.1, 0.15) is 5.01 Å². The molecule has 0 aliphatic carbocycles. The number of nitrogens with two attached hydrogens (primary N) is 1. The molecule has 1 heterocycles. The van der Waals surface area contributed by atoms with E-state index in [1.807, 2.05) is 5.38 Å². The minimum Gasteiger partial charge on any atom is -0.398 e. The molecule has 0 saturated carbocycles. The number of nitrogens with zero attached hydrogens (tertiary/aromatic N) is 1. The molecule has 1 atom stereocenters. The maximum absolute atomic E-state index is 12.3. The average Bonchev–Trinajstić information content (AvgIpc) is 2.85. The van der Waals surface area contributed by atoms with Gasteiger partial charge in [-0.05, 0) is 31.5 Å². The molecule has 19 heavy (non-hydrogen) atoms. The van der Waals surface area contributed by atoms with Crippen LogP contribution in [0, 0.1) is 6.92 Å². The lowest BCUT2D eigenvalue weighted by Crippen LogP contribution is -2.27. The summed E-state index contributed by atoms with van der Waals surface area (Å²) in [4.78, 5) is 4.31. The topological polar surface area (TPSA) is 85.1 Å². The normalized spacial score (nSPS) is 13.4. The third kappa shape index (κ3) is 2.94. The van der Waals surface area contributed by atoms with Gasteiger partial charge in [0.05, 0.1) is 10.9 Å². The predicted molar refractivity (Wildman–Crippen MR) is 76.4 cm³/mol. The van der Waals surface area contributed by atoms with Gasteiger partial charge in [-0.2, -0.15) is 0 Å². The van der Waals surface area contributed by atoms with Crippen LogP contribution in [0.1, 0.15) is 23.5 Å². The molecule has 0 bridgehead atoms. The molecule has 7 heteroatoms. The van der Waals surface area contributed by atoms with Gasteiger partial charge >= 0.3 is 0 Å². The van der Waals surface area contributed by atoms with Crippen molar-refractivity contribution < 1.29 is 8.42 Å². The first-order valence-electron chi connectivity index (χ1n) is 5.68. The van der Waals surface area contributed by atoms with Crippen molar-refractivity contribution in [2.24, 2.45) is 0 Å². The third-order valence-electron chi connectivity index (χ3n) is 2.77. The number of rotatable bonds is 4. The Hall–Kier alpha value is -1.44. The van der Waals surface area contributed by atoms with Crippen molar-refractivity contribution in [3.8, 4) is 0 Å². The van der Waals surface area contributed by atoms with Crippen LogP contribution in [0.15, 0.2) is 34.7 Å². The molecule has 2 rings (SSSR count). The highest BCUT2D eigenvalue weighted by Gasteiger charge is 2.21. The van der Waals surface area contributed by atoms with Crippen LogP contribution in [0.4, 0.5) is 5.69 Å². The summed E-state index contributed by atoms with van der Waals surface area (Å²) in [5, 5.41) is 2.54. The Morgan fingerprint density at radius 3 is 2.79 bits per heavy atom. The van der Waals surface area contributed by atoms with Gasteiger partial charge in [0, 0.05) is 17.3 Å². The number of nitrogens with one attached hydrogen (secondary N) is 1. The molecular formula is C12H15N3O2S2. The van der Waals surface area contributed by atoms with Crippen LogP contribution >= 0.6 is 11.3 Å². The Balaban J connectivity index is 2.31. The average molecular weight is 297 g/mol. The Morgan fingerprint density at radius 2 is 2.16 bits per heavy atom. The first-order valence-corrected chi connectivity index (χ1v) is 8.05. The maximum atomic E-state index is 12.3. The monoisotopic (exact) mass is 297 g/mol. The fourth-order valence-corrected chi connectivity index (χ4v) is 3.92. The minimum absolute atomic E-state index is 0.205. The van der Waals surface area contributed by atoms with E-state index >= 15 is 0 Å². The molecule has 0 aliphatic rings. The van der Waals surface area contributed by atoms with Crippen molar-refractivity contribution in [1.29, 1.82) is 0 Å². The molecule has 0 amide bonds. The second kappa shape index (κ2) is 5.28. The molecule has 3 N–H and O–H groups in total. The van der Waals surface area contributed by atoms with E-state index in [2.05, 4.69) is 9.71 Å². The number of thiazole rings is 1. The number of nitrogen functional groups attached to an aromatic ring is 1. The van der Waals surface area contributed by atoms with Crippen molar-refractivity contribution in [1.82, 2.24) is 9.71 Å². The van der Waals surface area contributed by atoms with Gasteiger partial charge in [-0.3, -0.25) is 0 Å². The van der Waals surface area contributed by atoms with Crippen molar-refractivity contribution in [2.45, 2.75) is 24.8 Å². The molecule has 0 radical (unpaired) electrons. The van der Waals surface area contributed by atoms with Crippen LogP contribution in [0.5, 0.6) is 0 Å². The highest BCUT2D eigenvalue weighted by Crippen LogP contribution is 2.23. The summed E-state index contributed by atoms with van der Waals surface area (Å²) in [6.45, 7) is 3.45. The standard InChI is InChI=1S/C12H15N3O2S2/c1-8-10(13)4-3-5-11(8)19(16,17)15-9(2)12-14-6-7-18-12/h3-7,9,15H,13H2,1-2H3. The molecule has 0 saturated heterocycles. The number of hydrogen-bond donors (Lipinski definition) is 2. The van der Waals surface area contributed by atoms with Gasteiger partial charge in [-0.15, -0.1) is 11.3 Å². The van der Waals surface area contributed by atoms with Gasteiger partial charge in [0.2, 0.25) is 10.0 Å². The second-order valence-corrected chi connectivity index (χ2v) is 6.79. The third-order valence-corrected chi connectivity index (χ3v) is 5.41. The van der Waals surface area contributed by atoms with Crippen molar-refractivity contribution in [3.05, 3.63) is 40.3 Å². The lowest BCUT2D eigenvalue weighted by atomic mass is 10.2. The summed E-state index contributed by atoms with van der Waals surface area (Å²) in [7, 11) is -3.60. The molecule has 5 nitrogen and oxygen atoms in total. The zero-order valence-electron chi connectivity index (χ0n) is 10.6. The second-order valence-electron chi connectivity index (χ2n) is 4.18. The number of aromatic nitrogens is 1. The quantitative estimate of drug-likeness (QED) is 0.846. The molecule has 0 spiro atoms. The minimum atomic E-state index is -3.60. The molecule has 1 unspecified atom stereocenters. The lowest BCUT2D eigenvalue weighted by Gasteiger charge is -2.14. The molecule has 0 fully saturated rings. The fraction of sp³-hybridized carbons (Fsp3) is 0.250. The summed E-state index contributed by atoms with van der Waals surface area (Å²) in [6.07, 6.45) is 1.65. The van der Waals surface area contributed by atoms with Gasteiger partial charge in [0.15, 0.2) is 0 Å². The summed E-state index contributed by atoms with van der Waals surface area (Å²) >= 11 is 1.41. The summed E-state index contributed by atoms with van der Waals surface area (Å²) < 4.78 is 27.2. The van der Waals surface area contributed by atoms with Crippen molar-refractivity contribution in [3.63, 3.8) is 0 Å². The maximum Gasteiger partial charge on any atom is 0.241 e. The SMILES string of the molecule is Cc1c(N)cccc1S(=O)(=O)NC(C)c1nccs1. The Labute approximate surface area is 116 Å². The Morgan fingerprint density at radius 1 is 1.42 bits per heavy atom. The fourth-order valence-electron chi connectivity index (χ4n) is 1.72. The van der Waals surface area contributed by atoms with Crippen LogP contribution in [0.25, 0.3) is 0 Å². The van der Waals surface area contributed by atoms with Crippen molar-refractivity contribution >= 4 is 27.0 Å². The first-order chi connectivity index (χ1) is 8.92. The van der Waals surface area contributed by atoms with Gasteiger partial charge in [-0.25, -0.2) is 18.1 Å². The lowest BCUT2D eigenvalue weighted by molar-refractivity contribution is 0.566. The summed E-state index contributed by atoms with van der Waals surface area (Å²) in [6, 6.07) is 4.48. The zero-order valence-corrected chi connectivity index (χ0v) is 12.3. The van der Waals surface area contributed by atoms with Crippen molar-refractivity contribution in [2.75, 3.05) is 5.73 Å². The van der Waals surface area contributed by atoms with Gasteiger partial charge < -0.3 is 5.73 Å². The van der Waals surface area contributed by atoms with Crippen LogP contribution < -0.4 is 10.5 Å². The number of anilines is 1. The molecule has 1 aromatic heterocycles. The smallest absolute Gasteiger partial charge is 0.241 e. The molecule has 1 aromatic carbocycles. The highest BCUT2D eigenvalue weighted by atomic mass is 32.2. The van der Waals surface area contributed by atoms with E-state index in [4.69, 9.17) is 5.73 Å². The van der Waals surface area contributed by atoms with E-state index in [1.165, 1.54) is 11.3 Å². The molecular weight excluding hydrogens is 282 g/mol. The molecule has 102 valence electrons. The molecule has 2 aromatic rings. The van der Waals surface area contributed by atoms with Crippen LogP contribution in [0.2, 0.25) is 0 Å². The van der Waals surface area contributed by atoms with Crippen LogP contribution in [-0.4, -0.2) is 13.4 Å². The predicted octanol–water partition coefficient (Wildman–Crippen LogP) is 2.07. The van der Waals surface area contributed by atoms with Crippen LogP contribution in [-0.2, 0) is 10.0 Å². The number of benzene rings is 1. The first kappa shape index (κ1) is 14.0. The van der Waals surface area contributed by atoms with Crippen LogP contribution in [0.3, 0.4) is 0 Å². The Bertz CT molecular complexity index is 666. The summed E-state index contributed by atoms with van der Waals surface area (Å²) in [5.74, 6) is 0. The van der Waals surface area contributed by atoms with Gasteiger partial charge in [0.25, 0.3) is 0 Å². The Kier molecular flexibility index (Phi) is 3.88. The van der Waals surface area contributed by atoms with E-state index < -0.39 is 10.0 Å². The van der Waals surface area contributed by atoms with Gasteiger partial charge in [-0.1, -0.05) is 6.07 Å². The highest BCUT2D eigenvalue weighted by molar-refractivity contribution is 7.89. The zero-order chi connectivity index (χ0) is 14.0. The largest absolute Gasteiger partial charge is 0.398 e. The van der Waals surface area contributed by atoms with E-state index in [0.717, 1.165) is 5.01 Å². The van der Waals surface area contributed by atoms with E-state index in [0.29, 0.717) is 11.3 Å². The summed E-state index contributed by atoms with van der Waals surface area (Å²) in [5.41, 5.74) is 6.76. The van der Waals surface area contributed by atoms with E-state index in [9.17, 15) is 8.42 Å². The van der Waals surface area contributed by atoms with E-state index in [1.54, 1.807) is 38.2 Å². The number of hydrogen-bond acceptors (Lipinski definition) is 5.